The Morgan fingerprint density at radius 2 is 1.74 bits per heavy atom. The third-order valence-electron chi connectivity index (χ3n) is 6.17. The van der Waals surface area contributed by atoms with Crippen LogP contribution in [0.3, 0.4) is 0 Å². The van der Waals surface area contributed by atoms with E-state index in [4.69, 9.17) is 26.1 Å². The van der Waals surface area contributed by atoms with Crippen molar-refractivity contribution in [3.63, 3.8) is 0 Å². The fraction of sp³-hybridized carbons (Fsp3) is 0.259. The van der Waals surface area contributed by atoms with Crippen LogP contribution in [0.15, 0.2) is 72.8 Å². The summed E-state index contributed by atoms with van der Waals surface area (Å²) in [6, 6.07) is 23.2. The van der Waals surface area contributed by atoms with E-state index >= 15 is 0 Å². The van der Waals surface area contributed by atoms with Gasteiger partial charge in [-0.15, -0.1) is 0 Å². The first-order valence-corrected chi connectivity index (χ1v) is 11.8. The standard InChI is InChI=1S/C27H26ClN3O3/c1-33-25-14-7-5-12-23(25)31-18-19(17-26(31)32)27-29-21-10-3-4-11-22(21)30(27)15-8-16-34-24-13-6-2-9-20(24)28/h2-7,9-14,19H,8,15-18H2,1H3/t19-/m0/s1. The van der Waals surface area contributed by atoms with Crippen LogP contribution in [0.2, 0.25) is 5.02 Å². The van der Waals surface area contributed by atoms with E-state index in [1.807, 2.05) is 71.6 Å². The molecule has 7 heteroatoms. The van der Waals surface area contributed by atoms with Gasteiger partial charge in [0.15, 0.2) is 0 Å². The predicted molar refractivity (Wildman–Crippen MR) is 134 cm³/mol. The minimum atomic E-state index is -0.00528. The number of imidazole rings is 1. The zero-order chi connectivity index (χ0) is 23.5. The Balaban J connectivity index is 1.37. The lowest BCUT2D eigenvalue weighted by Crippen LogP contribution is -2.25. The Morgan fingerprint density at radius 3 is 2.56 bits per heavy atom. The summed E-state index contributed by atoms with van der Waals surface area (Å²) in [5.41, 5.74) is 2.81. The smallest absolute Gasteiger partial charge is 0.227 e. The van der Waals surface area contributed by atoms with Gasteiger partial charge in [-0.3, -0.25) is 4.79 Å². The summed E-state index contributed by atoms with van der Waals surface area (Å²) in [6.07, 6.45) is 1.20. The molecule has 1 atom stereocenters. The number of carbonyl (C=O) groups is 1. The van der Waals surface area contributed by atoms with Gasteiger partial charge in [-0.25, -0.2) is 4.98 Å². The topological polar surface area (TPSA) is 56.6 Å². The van der Waals surface area contributed by atoms with Crippen LogP contribution in [-0.2, 0) is 11.3 Å². The molecule has 2 heterocycles. The number of carbonyl (C=O) groups excluding carboxylic acids is 1. The highest BCUT2D eigenvalue weighted by Gasteiger charge is 2.35. The lowest BCUT2D eigenvalue weighted by atomic mass is 10.1. The summed E-state index contributed by atoms with van der Waals surface area (Å²) >= 11 is 6.21. The number of anilines is 1. The van der Waals surface area contributed by atoms with Crippen LogP contribution in [0.5, 0.6) is 11.5 Å². The number of hydrogen-bond acceptors (Lipinski definition) is 4. The van der Waals surface area contributed by atoms with Crippen molar-refractivity contribution in [1.82, 2.24) is 9.55 Å². The number of amides is 1. The van der Waals surface area contributed by atoms with Gasteiger partial charge < -0.3 is 18.9 Å². The lowest BCUT2D eigenvalue weighted by Gasteiger charge is -2.20. The summed E-state index contributed by atoms with van der Waals surface area (Å²) in [7, 11) is 1.63. The summed E-state index contributed by atoms with van der Waals surface area (Å²) in [5.74, 6) is 2.39. The monoisotopic (exact) mass is 475 g/mol. The highest BCUT2D eigenvalue weighted by Crippen LogP contribution is 2.37. The van der Waals surface area contributed by atoms with Crippen LogP contribution in [0.4, 0.5) is 5.69 Å². The van der Waals surface area contributed by atoms with E-state index in [2.05, 4.69) is 10.6 Å². The van der Waals surface area contributed by atoms with Crippen LogP contribution in [0.1, 0.15) is 24.6 Å². The van der Waals surface area contributed by atoms with Gasteiger partial charge in [-0.05, 0) is 42.8 Å². The van der Waals surface area contributed by atoms with Gasteiger partial charge in [0, 0.05) is 25.4 Å². The van der Waals surface area contributed by atoms with Crippen molar-refractivity contribution in [3.05, 3.63) is 83.6 Å². The van der Waals surface area contributed by atoms with E-state index in [-0.39, 0.29) is 11.8 Å². The van der Waals surface area contributed by atoms with Crippen LogP contribution in [-0.4, -0.2) is 35.7 Å². The zero-order valence-electron chi connectivity index (χ0n) is 19.0. The summed E-state index contributed by atoms with van der Waals surface area (Å²) < 4.78 is 13.6. The molecule has 1 aromatic heterocycles. The maximum Gasteiger partial charge on any atom is 0.227 e. The molecule has 4 aromatic rings. The molecule has 0 N–H and O–H groups in total. The van der Waals surface area contributed by atoms with E-state index in [1.165, 1.54) is 0 Å². The maximum absolute atomic E-state index is 13.0. The van der Waals surface area contributed by atoms with E-state index in [9.17, 15) is 4.79 Å². The molecule has 1 amide bonds. The van der Waals surface area contributed by atoms with Crippen molar-refractivity contribution in [2.24, 2.45) is 0 Å². The third kappa shape index (κ3) is 4.33. The number of aromatic nitrogens is 2. The first-order valence-electron chi connectivity index (χ1n) is 11.4. The summed E-state index contributed by atoms with van der Waals surface area (Å²) in [5, 5.41) is 0.608. The average Bonchev–Trinajstić information content (AvgIpc) is 3.43. The molecule has 6 nitrogen and oxygen atoms in total. The van der Waals surface area contributed by atoms with Gasteiger partial charge in [0.05, 0.1) is 35.5 Å². The lowest BCUT2D eigenvalue weighted by molar-refractivity contribution is -0.117. The van der Waals surface area contributed by atoms with Crippen LogP contribution >= 0.6 is 11.6 Å². The average molecular weight is 476 g/mol. The molecule has 1 saturated heterocycles. The molecule has 1 aliphatic heterocycles. The van der Waals surface area contributed by atoms with Gasteiger partial charge in [0.25, 0.3) is 0 Å². The van der Waals surface area contributed by atoms with E-state index in [0.717, 1.165) is 35.5 Å². The Morgan fingerprint density at radius 1 is 1.00 bits per heavy atom. The quantitative estimate of drug-likeness (QED) is 0.307. The SMILES string of the molecule is COc1ccccc1N1C[C@@H](c2nc3ccccc3n2CCCOc2ccccc2Cl)CC1=O. The van der Waals surface area contributed by atoms with Gasteiger partial charge in [0.2, 0.25) is 5.91 Å². The molecule has 0 radical (unpaired) electrons. The number of ether oxygens (including phenoxy) is 2. The summed E-state index contributed by atoms with van der Waals surface area (Å²) in [6.45, 7) is 1.84. The molecule has 0 bridgehead atoms. The van der Waals surface area contributed by atoms with Crippen molar-refractivity contribution < 1.29 is 14.3 Å². The largest absolute Gasteiger partial charge is 0.495 e. The number of benzene rings is 3. The van der Waals surface area contributed by atoms with Crippen molar-refractivity contribution in [2.45, 2.75) is 25.3 Å². The fourth-order valence-electron chi connectivity index (χ4n) is 4.57. The molecule has 174 valence electrons. The molecule has 0 saturated carbocycles. The first-order chi connectivity index (χ1) is 16.7. The van der Waals surface area contributed by atoms with Crippen molar-refractivity contribution in [3.8, 4) is 11.5 Å². The highest BCUT2D eigenvalue weighted by atomic mass is 35.5. The Kier molecular flexibility index (Phi) is 6.41. The second-order valence-corrected chi connectivity index (χ2v) is 8.73. The second kappa shape index (κ2) is 9.77. The number of rotatable bonds is 8. The van der Waals surface area contributed by atoms with Crippen molar-refractivity contribution in [2.75, 3.05) is 25.2 Å². The predicted octanol–water partition coefficient (Wildman–Crippen LogP) is 5.69. The normalized spacial score (nSPS) is 15.8. The summed E-state index contributed by atoms with van der Waals surface area (Å²) in [4.78, 5) is 19.8. The number of fused-ring (bicyclic) bond motifs is 1. The van der Waals surface area contributed by atoms with E-state index in [0.29, 0.717) is 36.1 Å². The molecule has 1 fully saturated rings. The second-order valence-electron chi connectivity index (χ2n) is 8.32. The fourth-order valence-corrected chi connectivity index (χ4v) is 4.76. The first kappa shape index (κ1) is 22.3. The Labute approximate surface area is 203 Å². The molecule has 0 unspecified atom stereocenters. The minimum Gasteiger partial charge on any atom is -0.495 e. The van der Waals surface area contributed by atoms with E-state index < -0.39 is 0 Å². The minimum absolute atomic E-state index is 0.00528. The zero-order valence-corrected chi connectivity index (χ0v) is 19.7. The van der Waals surface area contributed by atoms with Gasteiger partial charge >= 0.3 is 0 Å². The maximum atomic E-state index is 13.0. The molecule has 0 aliphatic carbocycles. The number of aryl methyl sites for hydroxylation is 1. The molecule has 1 aliphatic rings. The Hall–Kier alpha value is -3.51. The molecule has 5 rings (SSSR count). The molecular formula is C27H26ClN3O3. The third-order valence-corrected chi connectivity index (χ3v) is 6.48. The number of para-hydroxylation sites is 5. The van der Waals surface area contributed by atoms with Crippen molar-refractivity contribution >= 4 is 34.2 Å². The molecular weight excluding hydrogens is 450 g/mol. The number of halogens is 1. The van der Waals surface area contributed by atoms with Crippen LogP contribution in [0.25, 0.3) is 11.0 Å². The van der Waals surface area contributed by atoms with Gasteiger partial charge in [-0.1, -0.05) is 48.0 Å². The van der Waals surface area contributed by atoms with Crippen molar-refractivity contribution in [1.29, 1.82) is 0 Å². The number of methoxy groups -OCH3 is 1. The number of nitrogens with zero attached hydrogens (tertiary/aromatic N) is 3. The van der Waals surface area contributed by atoms with Crippen LogP contribution < -0.4 is 14.4 Å². The molecule has 3 aromatic carbocycles. The number of hydrogen-bond donors (Lipinski definition) is 0. The highest BCUT2D eigenvalue weighted by molar-refractivity contribution is 6.32. The molecule has 0 spiro atoms. The molecule has 34 heavy (non-hydrogen) atoms. The van der Waals surface area contributed by atoms with E-state index in [1.54, 1.807) is 7.11 Å². The van der Waals surface area contributed by atoms with Gasteiger partial charge in [0.1, 0.15) is 17.3 Å². The van der Waals surface area contributed by atoms with Gasteiger partial charge in [-0.2, -0.15) is 0 Å². The Bertz CT molecular complexity index is 1320. The van der Waals surface area contributed by atoms with Crippen LogP contribution in [0, 0.1) is 0 Å².